The van der Waals surface area contributed by atoms with Crippen molar-refractivity contribution in [1.82, 2.24) is 19.9 Å². The van der Waals surface area contributed by atoms with Crippen LogP contribution >= 0.6 is 11.8 Å². The van der Waals surface area contributed by atoms with E-state index in [9.17, 15) is 4.79 Å². The fourth-order valence-electron chi connectivity index (χ4n) is 2.08. The van der Waals surface area contributed by atoms with E-state index < -0.39 is 0 Å². The molecule has 0 saturated heterocycles. The Labute approximate surface area is 137 Å². The highest BCUT2D eigenvalue weighted by atomic mass is 32.2. The van der Waals surface area contributed by atoms with Crippen LogP contribution in [-0.2, 0) is 11.3 Å². The molecule has 118 valence electrons. The van der Waals surface area contributed by atoms with Gasteiger partial charge in [0.2, 0.25) is 5.91 Å². The van der Waals surface area contributed by atoms with Gasteiger partial charge in [-0.25, -0.2) is 0 Å². The third-order valence-corrected chi connectivity index (χ3v) is 4.18. The summed E-state index contributed by atoms with van der Waals surface area (Å²) in [6.45, 7) is 0.469. The molecule has 0 saturated carbocycles. The Hall–Kier alpha value is -2.54. The van der Waals surface area contributed by atoms with Crippen LogP contribution in [0.25, 0.3) is 5.65 Å². The number of fused-ring (bicyclic) bond motifs is 1. The van der Waals surface area contributed by atoms with Gasteiger partial charge in [-0.1, -0.05) is 30.0 Å². The molecule has 6 nitrogen and oxygen atoms in total. The van der Waals surface area contributed by atoms with Crippen LogP contribution in [0.1, 0.15) is 5.56 Å². The molecule has 0 aliphatic rings. The minimum absolute atomic E-state index is 0.0505. The molecule has 0 aliphatic heterocycles. The zero-order valence-corrected chi connectivity index (χ0v) is 13.4. The Morgan fingerprint density at radius 3 is 3.04 bits per heavy atom. The minimum Gasteiger partial charge on any atom is -0.497 e. The number of hydrogen-bond donors (Lipinski definition) is 1. The zero-order chi connectivity index (χ0) is 16.1. The van der Waals surface area contributed by atoms with E-state index in [-0.39, 0.29) is 5.91 Å². The topological polar surface area (TPSA) is 68.5 Å². The van der Waals surface area contributed by atoms with Gasteiger partial charge in [0.1, 0.15) is 5.75 Å². The van der Waals surface area contributed by atoms with Gasteiger partial charge >= 0.3 is 0 Å². The number of thioether (sulfide) groups is 1. The first kappa shape index (κ1) is 15.4. The number of carbonyl (C=O) groups is 1. The molecule has 1 amide bonds. The molecule has 2 heterocycles. The van der Waals surface area contributed by atoms with E-state index in [4.69, 9.17) is 4.74 Å². The second-order valence-corrected chi connectivity index (χ2v) is 5.77. The Kier molecular flexibility index (Phi) is 4.77. The molecule has 0 bridgehead atoms. The number of carbonyl (C=O) groups excluding carboxylic acids is 1. The van der Waals surface area contributed by atoms with Crippen LogP contribution in [0.4, 0.5) is 0 Å². The van der Waals surface area contributed by atoms with Crippen molar-refractivity contribution in [3.8, 4) is 5.75 Å². The van der Waals surface area contributed by atoms with Crippen LogP contribution in [0.5, 0.6) is 5.75 Å². The summed E-state index contributed by atoms with van der Waals surface area (Å²) in [5, 5.41) is 11.7. The number of aromatic nitrogens is 3. The maximum atomic E-state index is 12.0. The van der Waals surface area contributed by atoms with Gasteiger partial charge in [0.05, 0.1) is 12.9 Å². The van der Waals surface area contributed by atoms with Crippen LogP contribution in [0, 0.1) is 0 Å². The lowest BCUT2D eigenvalue weighted by molar-refractivity contribution is -0.118. The van der Waals surface area contributed by atoms with Crippen molar-refractivity contribution >= 4 is 23.3 Å². The molecule has 0 spiro atoms. The first-order valence-corrected chi connectivity index (χ1v) is 8.07. The Morgan fingerprint density at radius 1 is 1.26 bits per heavy atom. The maximum absolute atomic E-state index is 12.0. The van der Waals surface area contributed by atoms with Crippen LogP contribution in [0.2, 0.25) is 0 Å². The summed E-state index contributed by atoms with van der Waals surface area (Å²) in [6, 6.07) is 13.3. The number of rotatable bonds is 6. The van der Waals surface area contributed by atoms with Gasteiger partial charge < -0.3 is 10.1 Å². The fraction of sp³-hybridized carbons (Fsp3) is 0.188. The van der Waals surface area contributed by atoms with E-state index in [1.807, 2.05) is 53.1 Å². The number of pyridine rings is 1. The fourth-order valence-corrected chi connectivity index (χ4v) is 2.84. The Morgan fingerprint density at radius 2 is 2.17 bits per heavy atom. The highest BCUT2D eigenvalue weighted by Crippen LogP contribution is 2.16. The third-order valence-electron chi connectivity index (χ3n) is 3.24. The van der Waals surface area contributed by atoms with Crippen LogP contribution < -0.4 is 10.1 Å². The standard InChI is InChI=1S/C16H16N4O2S/c1-22-13-6-4-5-12(9-13)10-17-15(21)11-23-16-19-18-14-7-2-3-8-20(14)16/h2-9H,10-11H2,1H3,(H,17,21). The molecular formula is C16H16N4O2S. The number of benzene rings is 1. The summed E-state index contributed by atoms with van der Waals surface area (Å²) in [4.78, 5) is 12.0. The van der Waals surface area contributed by atoms with Gasteiger partial charge in [-0.05, 0) is 29.8 Å². The van der Waals surface area contributed by atoms with E-state index in [0.29, 0.717) is 17.5 Å². The summed E-state index contributed by atoms with van der Waals surface area (Å²) in [5.41, 5.74) is 1.77. The molecular weight excluding hydrogens is 312 g/mol. The molecule has 0 aliphatic carbocycles. The number of hydrogen-bond acceptors (Lipinski definition) is 5. The number of nitrogens with one attached hydrogen (secondary N) is 1. The lowest BCUT2D eigenvalue weighted by Crippen LogP contribution is -2.24. The highest BCUT2D eigenvalue weighted by Gasteiger charge is 2.08. The van der Waals surface area contributed by atoms with Crippen molar-refractivity contribution < 1.29 is 9.53 Å². The number of methoxy groups -OCH3 is 1. The number of ether oxygens (including phenoxy) is 1. The Balaban J connectivity index is 1.53. The third kappa shape index (κ3) is 3.81. The van der Waals surface area contributed by atoms with Crippen LogP contribution in [0.15, 0.2) is 53.8 Å². The SMILES string of the molecule is COc1cccc(CNC(=O)CSc2nnc3ccccn23)c1. The summed E-state index contributed by atoms with van der Waals surface area (Å²) in [5.74, 6) is 1.02. The summed E-state index contributed by atoms with van der Waals surface area (Å²) >= 11 is 1.36. The summed E-state index contributed by atoms with van der Waals surface area (Å²) < 4.78 is 7.03. The normalized spacial score (nSPS) is 10.7. The van der Waals surface area contributed by atoms with E-state index >= 15 is 0 Å². The van der Waals surface area contributed by atoms with Gasteiger partial charge in [0.25, 0.3) is 0 Å². The quantitative estimate of drug-likeness (QED) is 0.702. The van der Waals surface area contributed by atoms with E-state index in [0.717, 1.165) is 17.0 Å². The van der Waals surface area contributed by atoms with E-state index in [2.05, 4.69) is 15.5 Å². The van der Waals surface area contributed by atoms with Gasteiger partial charge in [0.15, 0.2) is 10.8 Å². The van der Waals surface area contributed by atoms with E-state index in [1.54, 1.807) is 7.11 Å². The monoisotopic (exact) mass is 328 g/mol. The predicted molar refractivity (Wildman–Crippen MR) is 88.6 cm³/mol. The average molecular weight is 328 g/mol. The van der Waals surface area contributed by atoms with Crippen molar-refractivity contribution in [3.05, 3.63) is 54.2 Å². The van der Waals surface area contributed by atoms with Crippen LogP contribution in [-0.4, -0.2) is 33.4 Å². The van der Waals surface area contributed by atoms with Gasteiger partial charge in [-0.3, -0.25) is 9.20 Å². The highest BCUT2D eigenvalue weighted by molar-refractivity contribution is 7.99. The second-order valence-electron chi connectivity index (χ2n) is 4.83. The van der Waals surface area contributed by atoms with Crippen molar-refractivity contribution in [3.63, 3.8) is 0 Å². The largest absolute Gasteiger partial charge is 0.497 e. The first-order valence-electron chi connectivity index (χ1n) is 7.08. The minimum atomic E-state index is -0.0505. The maximum Gasteiger partial charge on any atom is 0.230 e. The lowest BCUT2D eigenvalue weighted by Gasteiger charge is -2.06. The smallest absolute Gasteiger partial charge is 0.230 e. The molecule has 1 aromatic carbocycles. The molecule has 0 fully saturated rings. The van der Waals surface area contributed by atoms with Gasteiger partial charge in [-0.15, -0.1) is 10.2 Å². The molecule has 23 heavy (non-hydrogen) atoms. The molecule has 0 atom stereocenters. The second kappa shape index (κ2) is 7.15. The van der Waals surface area contributed by atoms with Crippen molar-refractivity contribution in [2.75, 3.05) is 12.9 Å². The summed E-state index contributed by atoms with van der Waals surface area (Å²) in [6.07, 6.45) is 1.88. The van der Waals surface area contributed by atoms with Gasteiger partial charge in [-0.2, -0.15) is 0 Å². The molecule has 3 rings (SSSR count). The molecule has 0 unspecified atom stereocenters. The van der Waals surface area contributed by atoms with Crippen LogP contribution in [0.3, 0.4) is 0 Å². The molecule has 2 aromatic heterocycles. The lowest BCUT2D eigenvalue weighted by atomic mass is 10.2. The number of nitrogens with zero attached hydrogens (tertiary/aromatic N) is 3. The van der Waals surface area contributed by atoms with Gasteiger partial charge in [0, 0.05) is 12.7 Å². The number of amides is 1. The zero-order valence-electron chi connectivity index (χ0n) is 12.6. The summed E-state index contributed by atoms with van der Waals surface area (Å²) in [7, 11) is 1.62. The molecule has 7 heteroatoms. The molecule has 1 N–H and O–H groups in total. The van der Waals surface area contributed by atoms with E-state index in [1.165, 1.54) is 11.8 Å². The first-order chi connectivity index (χ1) is 11.3. The molecule has 3 aromatic rings. The average Bonchev–Trinajstić information content (AvgIpc) is 3.01. The van der Waals surface area contributed by atoms with Crippen molar-refractivity contribution in [1.29, 1.82) is 0 Å². The molecule has 0 radical (unpaired) electrons. The van der Waals surface area contributed by atoms with Crippen molar-refractivity contribution in [2.45, 2.75) is 11.7 Å². The van der Waals surface area contributed by atoms with Crippen molar-refractivity contribution in [2.24, 2.45) is 0 Å². The Bertz CT molecular complexity index is 818. The predicted octanol–water partition coefficient (Wildman–Crippen LogP) is 2.15.